The minimum Gasteiger partial charge on any atom is -0.481 e. The van der Waals surface area contributed by atoms with Crippen LogP contribution in [-0.4, -0.2) is 29.6 Å². The number of likely N-dealkylation sites (N-methyl/N-ethyl adjacent to an activating group) is 1. The lowest BCUT2D eigenvalue weighted by Gasteiger charge is -2.41. The Morgan fingerprint density at radius 3 is 2.47 bits per heavy atom. The van der Waals surface area contributed by atoms with Crippen LogP contribution < -0.4 is 4.74 Å². The van der Waals surface area contributed by atoms with Gasteiger partial charge in [-0.1, -0.05) is 20.8 Å². The summed E-state index contributed by atoms with van der Waals surface area (Å²) in [5.41, 5.74) is 3.94. The van der Waals surface area contributed by atoms with Gasteiger partial charge in [0, 0.05) is 24.1 Å². The Morgan fingerprint density at radius 2 is 1.95 bits per heavy atom. The van der Waals surface area contributed by atoms with Gasteiger partial charge in [-0.05, 0) is 37.9 Å². The summed E-state index contributed by atoms with van der Waals surface area (Å²) >= 11 is 0. The zero-order valence-electron chi connectivity index (χ0n) is 13.3. The van der Waals surface area contributed by atoms with Crippen molar-refractivity contribution in [1.29, 1.82) is 0 Å². The van der Waals surface area contributed by atoms with Gasteiger partial charge in [0.1, 0.15) is 0 Å². The summed E-state index contributed by atoms with van der Waals surface area (Å²) in [5, 5.41) is 0. The largest absolute Gasteiger partial charge is 0.481 e. The first-order valence-corrected chi connectivity index (χ1v) is 6.93. The second-order valence-electron chi connectivity index (χ2n) is 7.25. The maximum atomic E-state index is 5.51. The number of nitrogens with zero attached hydrogens (tertiary/aromatic N) is 2. The zero-order valence-corrected chi connectivity index (χ0v) is 13.3. The van der Waals surface area contributed by atoms with Crippen LogP contribution in [0.5, 0.6) is 5.88 Å². The van der Waals surface area contributed by atoms with E-state index in [1.165, 1.54) is 16.8 Å². The van der Waals surface area contributed by atoms with E-state index in [2.05, 4.69) is 52.6 Å². The van der Waals surface area contributed by atoms with Gasteiger partial charge in [0.15, 0.2) is 0 Å². The van der Waals surface area contributed by atoms with Crippen LogP contribution in [0.4, 0.5) is 0 Å². The number of hydrogen-bond donors (Lipinski definition) is 0. The van der Waals surface area contributed by atoms with E-state index in [1.807, 2.05) is 0 Å². The minimum atomic E-state index is 0.0545. The van der Waals surface area contributed by atoms with Gasteiger partial charge < -0.3 is 4.74 Å². The van der Waals surface area contributed by atoms with Crippen LogP contribution in [0, 0.1) is 0 Å². The van der Waals surface area contributed by atoms with E-state index in [0.29, 0.717) is 0 Å². The van der Waals surface area contributed by atoms with Gasteiger partial charge in [0.25, 0.3) is 0 Å². The molecule has 0 atom stereocenters. The van der Waals surface area contributed by atoms with E-state index < -0.39 is 0 Å². The highest BCUT2D eigenvalue weighted by molar-refractivity contribution is 5.40. The molecule has 19 heavy (non-hydrogen) atoms. The van der Waals surface area contributed by atoms with E-state index in [-0.39, 0.29) is 11.0 Å². The molecule has 0 bridgehead atoms. The van der Waals surface area contributed by atoms with Crippen molar-refractivity contribution in [2.45, 2.75) is 58.5 Å². The summed E-state index contributed by atoms with van der Waals surface area (Å²) in [6, 6.07) is 2.28. The van der Waals surface area contributed by atoms with Crippen LogP contribution in [0.25, 0.3) is 0 Å². The molecule has 0 radical (unpaired) electrons. The Balaban J connectivity index is 2.53. The molecule has 1 aliphatic heterocycles. The SMILES string of the molecule is COc1nc2c(cc1C(C)(C)C)CN(C)C(C)(C)C2. The molecule has 2 heterocycles. The molecule has 1 aromatic rings. The molecule has 3 nitrogen and oxygen atoms in total. The van der Waals surface area contributed by atoms with E-state index >= 15 is 0 Å². The predicted octanol–water partition coefficient (Wildman–Crippen LogP) is 3.15. The fourth-order valence-electron chi connectivity index (χ4n) is 2.57. The highest BCUT2D eigenvalue weighted by Gasteiger charge is 2.33. The summed E-state index contributed by atoms with van der Waals surface area (Å²) < 4.78 is 5.51. The van der Waals surface area contributed by atoms with Crippen LogP contribution >= 0.6 is 0 Å². The minimum absolute atomic E-state index is 0.0545. The van der Waals surface area contributed by atoms with Gasteiger partial charge >= 0.3 is 0 Å². The van der Waals surface area contributed by atoms with Gasteiger partial charge in [-0.3, -0.25) is 4.90 Å². The Morgan fingerprint density at radius 1 is 1.32 bits per heavy atom. The molecule has 0 aliphatic carbocycles. The Labute approximate surface area is 117 Å². The van der Waals surface area contributed by atoms with Gasteiger partial charge in [0.05, 0.1) is 12.8 Å². The van der Waals surface area contributed by atoms with E-state index in [0.717, 1.165) is 18.8 Å². The second-order valence-corrected chi connectivity index (χ2v) is 7.25. The second kappa shape index (κ2) is 4.48. The van der Waals surface area contributed by atoms with Crippen molar-refractivity contribution in [2.75, 3.05) is 14.2 Å². The predicted molar refractivity (Wildman–Crippen MR) is 78.7 cm³/mol. The maximum Gasteiger partial charge on any atom is 0.217 e. The van der Waals surface area contributed by atoms with Crippen molar-refractivity contribution in [3.63, 3.8) is 0 Å². The van der Waals surface area contributed by atoms with Crippen LogP contribution in [0.3, 0.4) is 0 Å². The number of aromatic nitrogens is 1. The van der Waals surface area contributed by atoms with Gasteiger partial charge in [0.2, 0.25) is 5.88 Å². The van der Waals surface area contributed by atoms with Gasteiger partial charge in [-0.2, -0.15) is 0 Å². The van der Waals surface area contributed by atoms with E-state index in [4.69, 9.17) is 9.72 Å². The summed E-state index contributed by atoms with van der Waals surface area (Å²) in [6.45, 7) is 12.1. The molecule has 0 spiro atoms. The molecule has 0 N–H and O–H groups in total. The molecule has 1 aliphatic rings. The lowest BCUT2D eigenvalue weighted by Crippen LogP contribution is -2.46. The highest BCUT2D eigenvalue weighted by atomic mass is 16.5. The summed E-state index contributed by atoms with van der Waals surface area (Å²) in [6.07, 6.45) is 0.972. The van der Waals surface area contributed by atoms with Crippen molar-refractivity contribution < 1.29 is 4.74 Å². The quantitative estimate of drug-likeness (QED) is 0.777. The fraction of sp³-hybridized carbons (Fsp3) is 0.688. The normalized spacial score (nSPS) is 19.1. The molecule has 1 aromatic heterocycles. The first-order valence-electron chi connectivity index (χ1n) is 6.93. The Kier molecular flexibility index (Phi) is 3.38. The number of fused-ring (bicyclic) bond motifs is 1. The molecule has 2 rings (SSSR count). The van der Waals surface area contributed by atoms with Crippen LogP contribution in [0.2, 0.25) is 0 Å². The van der Waals surface area contributed by atoms with Crippen molar-refractivity contribution in [3.8, 4) is 5.88 Å². The molecule has 106 valence electrons. The molecule has 0 fully saturated rings. The number of methoxy groups -OCH3 is 1. The van der Waals surface area contributed by atoms with Crippen molar-refractivity contribution in [2.24, 2.45) is 0 Å². The Bertz CT molecular complexity index is 486. The molecule has 0 amide bonds. The molecular formula is C16H26N2O. The number of hydrogen-bond acceptors (Lipinski definition) is 3. The van der Waals surface area contributed by atoms with Crippen molar-refractivity contribution in [1.82, 2.24) is 9.88 Å². The summed E-state index contributed by atoms with van der Waals surface area (Å²) in [4.78, 5) is 7.18. The molecule has 0 aromatic carbocycles. The smallest absolute Gasteiger partial charge is 0.217 e. The third-order valence-electron chi connectivity index (χ3n) is 4.20. The zero-order chi connectivity index (χ0) is 14.4. The standard InChI is InChI=1S/C16H26N2O/c1-15(2,3)12-8-11-10-18(6)16(4,5)9-13(11)17-14(12)19-7/h8H,9-10H2,1-7H3. The van der Waals surface area contributed by atoms with Crippen molar-refractivity contribution in [3.05, 3.63) is 22.9 Å². The topological polar surface area (TPSA) is 25.4 Å². The van der Waals surface area contributed by atoms with E-state index in [9.17, 15) is 0 Å². The highest BCUT2D eigenvalue weighted by Crippen LogP contribution is 2.35. The molecular weight excluding hydrogens is 236 g/mol. The maximum absolute atomic E-state index is 5.51. The Hall–Kier alpha value is -1.09. The first kappa shape index (κ1) is 14.3. The average molecular weight is 262 g/mol. The third-order valence-corrected chi connectivity index (χ3v) is 4.20. The van der Waals surface area contributed by atoms with Crippen LogP contribution in [0.1, 0.15) is 51.4 Å². The molecule has 0 unspecified atom stereocenters. The molecule has 3 heteroatoms. The molecule has 0 saturated carbocycles. The third kappa shape index (κ3) is 2.62. The fourth-order valence-corrected chi connectivity index (χ4v) is 2.57. The number of rotatable bonds is 1. The van der Waals surface area contributed by atoms with Gasteiger partial charge in [-0.15, -0.1) is 0 Å². The lowest BCUT2D eigenvalue weighted by molar-refractivity contribution is 0.130. The van der Waals surface area contributed by atoms with Crippen molar-refractivity contribution >= 4 is 0 Å². The van der Waals surface area contributed by atoms with Gasteiger partial charge in [-0.25, -0.2) is 4.98 Å². The number of pyridine rings is 1. The lowest BCUT2D eigenvalue weighted by atomic mass is 9.83. The summed E-state index contributed by atoms with van der Waals surface area (Å²) in [5.74, 6) is 0.784. The monoisotopic (exact) mass is 262 g/mol. The van der Waals surface area contributed by atoms with Crippen LogP contribution in [-0.2, 0) is 18.4 Å². The average Bonchev–Trinajstić information content (AvgIpc) is 2.27. The summed E-state index contributed by atoms with van der Waals surface area (Å²) in [7, 11) is 3.90. The number of ether oxygens (including phenoxy) is 1. The first-order chi connectivity index (χ1) is 8.65. The van der Waals surface area contributed by atoms with E-state index in [1.54, 1.807) is 7.11 Å². The molecule has 0 saturated heterocycles. The van der Waals surface area contributed by atoms with Crippen LogP contribution in [0.15, 0.2) is 6.07 Å².